The molecule has 3 heterocycles. The highest BCUT2D eigenvalue weighted by Gasteiger charge is 2.47. The van der Waals surface area contributed by atoms with Gasteiger partial charge in [0.15, 0.2) is 0 Å². The van der Waals surface area contributed by atoms with Gasteiger partial charge < -0.3 is 14.9 Å². The van der Waals surface area contributed by atoms with Crippen LogP contribution in [-0.4, -0.2) is 46.8 Å². The molecule has 0 aromatic carbocycles. The Hall–Kier alpha value is -2.47. The van der Waals surface area contributed by atoms with E-state index in [1.54, 1.807) is 12.3 Å². The first-order chi connectivity index (χ1) is 9.19. The third-order valence-electron chi connectivity index (χ3n) is 3.71. The SMILES string of the molecule is [N-]=[N+]=Nc1cncc(N2C[C@H]3CN(C(=O)O)C[C@H]32)c1. The maximum absolute atomic E-state index is 10.9. The molecule has 3 rings (SSSR count). The first-order valence-corrected chi connectivity index (χ1v) is 5.93. The van der Waals surface area contributed by atoms with Gasteiger partial charge in [-0.25, -0.2) is 4.79 Å². The molecular formula is C11H12N6O2. The zero-order valence-corrected chi connectivity index (χ0v) is 10.0. The van der Waals surface area contributed by atoms with Crippen molar-refractivity contribution in [1.29, 1.82) is 0 Å². The molecule has 0 aliphatic carbocycles. The maximum atomic E-state index is 10.9. The molecule has 8 heteroatoms. The van der Waals surface area contributed by atoms with Crippen LogP contribution >= 0.6 is 0 Å². The second-order valence-corrected chi connectivity index (χ2v) is 4.76. The number of carboxylic acid groups (broad SMARTS) is 1. The number of hydrogen-bond acceptors (Lipinski definition) is 4. The lowest BCUT2D eigenvalue weighted by molar-refractivity contribution is 0.155. The van der Waals surface area contributed by atoms with Crippen LogP contribution < -0.4 is 4.90 Å². The second-order valence-electron chi connectivity index (χ2n) is 4.76. The zero-order chi connectivity index (χ0) is 13.4. The van der Waals surface area contributed by atoms with Crippen LogP contribution in [0.2, 0.25) is 0 Å². The minimum absolute atomic E-state index is 0.208. The summed E-state index contributed by atoms with van der Waals surface area (Å²) in [5, 5.41) is 12.5. The maximum Gasteiger partial charge on any atom is 0.407 e. The highest BCUT2D eigenvalue weighted by Crippen LogP contribution is 2.37. The Balaban J connectivity index is 1.77. The van der Waals surface area contributed by atoms with E-state index in [0.717, 1.165) is 12.2 Å². The van der Waals surface area contributed by atoms with E-state index >= 15 is 0 Å². The summed E-state index contributed by atoms with van der Waals surface area (Å²) in [5.41, 5.74) is 9.75. The zero-order valence-electron chi connectivity index (χ0n) is 10.0. The van der Waals surface area contributed by atoms with Crippen LogP contribution in [0.5, 0.6) is 0 Å². The summed E-state index contributed by atoms with van der Waals surface area (Å²) >= 11 is 0. The molecule has 0 bridgehead atoms. The van der Waals surface area contributed by atoms with E-state index in [1.165, 1.54) is 11.1 Å². The number of nitrogens with zero attached hydrogens (tertiary/aromatic N) is 6. The Morgan fingerprint density at radius 2 is 2.32 bits per heavy atom. The van der Waals surface area contributed by atoms with Crippen molar-refractivity contribution < 1.29 is 9.90 Å². The van der Waals surface area contributed by atoms with Gasteiger partial charge in [-0.15, -0.1) is 0 Å². The summed E-state index contributed by atoms with van der Waals surface area (Å²) in [6.45, 7) is 1.93. The van der Waals surface area contributed by atoms with E-state index < -0.39 is 6.09 Å². The molecule has 2 atom stereocenters. The molecule has 2 fully saturated rings. The van der Waals surface area contributed by atoms with Crippen LogP contribution in [0.4, 0.5) is 16.2 Å². The molecule has 0 saturated carbocycles. The van der Waals surface area contributed by atoms with Gasteiger partial charge >= 0.3 is 6.09 Å². The van der Waals surface area contributed by atoms with Crippen molar-refractivity contribution in [1.82, 2.24) is 9.88 Å². The Morgan fingerprint density at radius 1 is 1.47 bits per heavy atom. The predicted molar refractivity (Wildman–Crippen MR) is 67.3 cm³/mol. The average molecular weight is 260 g/mol. The molecule has 2 aliphatic rings. The molecule has 1 N–H and O–H groups in total. The van der Waals surface area contributed by atoms with E-state index in [-0.39, 0.29) is 6.04 Å². The van der Waals surface area contributed by atoms with E-state index in [2.05, 4.69) is 19.9 Å². The molecular weight excluding hydrogens is 248 g/mol. The van der Waals surface area contributed by atoms with E-state index in [9.17, 15) is 4.79 Å². The van der Waals surface area contributed by atoms with Gasteiger partial charge in [0.2, 0.25) is 0 Å². The van der Waals surface area contributed by atoms with Crippen molar-refractivity contribution in [3.63, 3.8) is 0 Å². The standard InChI is InChI=1S/C11H12N6O2/c12-15-14-8-1-9(3-13-2-8)17-5-7-4-16(11(18)19)6-10(7)17/h1-3,7,10H,4-6H2,(H,18,19)/t7-,10-/m1/s1. The van der Waals surface area contributed by atoms with Crippen LogP contribution in [0.25, 0.3) is 10.4 Å². The topological polar surface area (TPSA) is 105 Å². The lowest BCUT2D eigenvalue weighted by Gasteiger charge is -2.45. The Kier molecular flexibility index (Phi) is 2.64. The summed E-state index contributed by atoms with van der Waals surface area (Å²) in [6.07, 6.45) is 2.34. The number of carbonyl (C=O) groups is 1. The normalized spacial score (nSPS) is 24.4. The number of amides is 1. The quantitative estimate of drug-likeness (QED) is 0.497. The number of aromatic nitrogens is 1. The smallest absolute Gasteiger partial charge is 0.407 e. The Bertz CT molecular complexity index is 570. The minimum Gasteiger partial charge on any atom is -0.465 e. The van der Waals surface area contributed by atoms with Crippen LogP contribution in [0.15, 0.2) is 23.6 Å². The molecule has 0 radical (unpaired) electrons. The number of anilines is 1. The number of rotatable bonds is 2. The summed E-state index contributed by atoms with van der Waals surface area (Å²) < 4.78 is 0. The van der Waals surface area contributed by atoms with Gasteiger partial charge in [-0.1, -0.05) is 5.11 Å². The van der Waals surface area contributed by atoms with Gasteiger partial charge in [0, 0.05) is 36.7 Å². The second kappa shape index (κ2) is 4.33. The van der Waals surface area contributed by atoms with Crippen molar-refractivity contribution in [2.45, 2.75) is 6.04 Å². The lowest BCUT2D eigenvalue weighted by Crippen LogP contribution is -2.55. The number of fused-ring (bicyclic) bond motifs is 1. The molecule has 2 aliphatic heterocycles. The van der Waals surface area contributed by atoms with Crippen LogP contribution in [0.1, 0.15) is 0 Å². The summed E-state index contributed by atoms with van der Waals surface area (Å²) in [5.74, 6) is 0.388. The predicted octanol–water partition coefficient (Wildman–Crippen LogP) is 1.82. The van der Waals surface area contributed by atoms with Gasteiger partial charge in [0.25, 0.3) is 0 Å². The summed E-state index contributed by atoms with van der Waals surface area (Å²) in [6, 6.07) is 1.98. The molecule has 1 aromatic heterocycles. The lowest BCUT2D eigenvalue weighted by atomic mass is 9.91. The molecule has 1 amide bonds. The molecule has 0 unspecified atom stereocenters. The van der Waals surface area contributed by atoms with Crippen LogP contribution in [0, 0.1) is 5.92 Å². The minimum atomic E-state index is -0.865. The fraction of sp³-hybridized carbons (Fsp3) is 0.455. The largest absolute Gasteiger partial charge is 0.465 e. The molecule has 98 valence electrons. The van der Waals surface area contributed by atoms with E-state index in [4.69, 9.17) is 10.6 Å². The fourth-order valence-corrected chi connectivity index (χ4v) is 2.77. The number of likely N-dealkylation sites (tertiary alicyclic amines) is 1. The molecule has 2 saturated heterocycles. The molecule has 19 heavy (non-hydrogen) atoms. The van der Waals surface area contributed by atoms with E-state index in [0.29, 0.717) is 24.7 Å². The average Bonchev–Trinajstić information content (AvgIpc) is 2.69. The summed E-state index contributed by atoms with van der Waals surface area (Å²) in [7, 11) is 0. The van der Waals surface area contributed by atoms with Gasteiger partial charge in [0.1, 0.15) is 0 Å². The number of pyridine rings is 1. The Labute approximate surface area is 108 Å². The van der Waals surface area contributed by atoms with Gasteiger partial charge in [0.05, 0.1) is 23.6 Å². The number of azide groups is 1. The molecule has 0 spiro atoms. The third kappa shape index (κ3) is 1.92. The van der Waals surface area contributed by atoms with E-state index in [1.807, 2.05) is 0 Å². The van der Waals surface area contributed by atoms with Crippen LogP contribution in [0.3, 0.4) is 0 Å². The highest BCUT2D eigenvalue weighted by molar-refractivity contribution is 5.66. The monoisotopic (exact) mass is 260 g/mol. The van der Waals surface area contributed by atoms with Crippen molar-refractivity contribution in [2.24, 2.45) is 11.0 Å². The highest BCUT2D eigenvalue weighted by atomic mass is 16.4. The van der Waals surface area contributed by atoms with Gasteiger partial charge in [-0.05, 0) is 11.6 Å². The third-order valence-corrected chi connectivity index (χ3v) is 3.71. The summed E-state index contributed by atoms with van der Waals surface area (Å²) in [4.78, 5) is 21.3. The fourth-order valence-electron chi connectivity index (χ4n) is 2.77. The van der Waals surface area contributed by atoms with Crippen molar-refractivity contribution in [3.05, 3.63) is 28.9 Å². The number of hydrogen-bond donors (Lipinski definition) is 1. The van der Waals surface area contributed by atoms with Crippen molar-refractivity contribution in [2.75, 3.05) is 24.5 Å². The van der Waals surface area contributed by atoms with Gasteiger partial charge in [-0.2, -0.15) is 0 Å². The van der Waals surface area contributed by atoms with Crippen LogP contribution in [-0.2, 0) is 0 Å². The first-order valence-electron chi connectivity index (χ1n) is 5.93. The molecule has 1 aromatic rings. The molecule has 8 nitrogen and oxygen atoms in total. The van der Waals surface area contributed by atoms with Gasteiger partial charge in [-0.3, -0.25) is 4.98 Å². The first kappa shape index (κ1) is 11.6. The van der Waals surface area contributed by atoms with Crippen molar-refractivity contribution >= 4 is 17.5 Å². The van der Waals surface area contributed by atoms with Crippen molar-refractivity contribution in [3.8, 4) is 0 Å². The Morgan fingerprint density at radius 3 is 3.05 bits per heavy atom.